The van der Waals surface area contributed by atoms with Crippen LogP contribution in [0.1, 0.15) is 48.5 Å². The van der Waals surface area contributed by atoms with Crippen molar-refractivity contribution < 1.29 is 4.79 Å². The van der Waals surface area contributed by atoms with E-state index in [0.29, 0.717) is 0 Å². The molecular weight excluding hydrogens is 298 g/mol. The summed E-state index contributed by atoms with van der Waals surface area (Å²) in [5.41, 5.74) is 9.57. The summed E-state index contributed by atoms with van der Waals surface area (Å²) in [6.45, 7) is 5.21. The number of hydrogen-bond donors (Lipinski definition) is 1. The lowest BCUT2D eigenvalue weighted by Crippen LogP contribution is -2.34. The molecule has 0 aliphatic heterocycles. The molecule has 4 nitrogen and oxygen atoms in total. The van der Waals surface area contributed by atoms with Crippen LogP contribution in [0.4, 0.5) is 0 Å². The Balaban J connectivity index is 2.30. The number of benzene rings is 1. The highest BCUT2D eigenvalue weighted by Gasteiger charge is 2.19. The third kappa shape index (κ3) is 4.46. The number of aryl methyl sites for hydroxylation is 1. The standard InChI is InChI=1S/C20H31N3O/c1-5-6-7-8-18(21)20(24)23-14-16(11-12-22(3)4)17-13-15(2)9-10-19(17)23/h9-10,13-14,18H,5-8,11-12,21H2,1-4H3. The number of nitrogens with zero attached hydrogens (tertiary/aromatic N) is 2. The van der Waals surface area contributed by atoms with Crippen LogP contribution in [-0.4, -0.2) is 42.1 Å². The molecule has 2 aromatic rings. The van der Waals surface area contributed by atoms with Gasteiger partial charge in [-0.15, -0.1) is 0 Å². The summed E-state index contributed by atoms with van der Waals surface area (Å²) in [5, 5.41) is 1.17. The number of aromatic nitrogens is 1. The van der Waals surface area contributed by atoms with Crippen molar-refractivity contribution in [3.05, 3.63) is 35.5 Å². The monoisotopic (exact) mass is 329 g/mol. The molecule has 2 N–H and O–H groups in total. The molecule has 0 amide bonds. The van der Waals surface area contributed by atoms with E-state index in [1.807, 2.05) is 12.3 Å². The van der Waals surface area contributed by atoms with Gasteiger partial charge < -0.3 is 10.6 Å². The number of rotatable bonds is 8. The lowest BCUT2D eigenvalue weighted by atomic mass is 10.1. The third-order valence-corrected chi connectivity index (χ3v) is 4.54. The van der Waals surface area contributed by atoms with Gasteiger partial charge in [0.05, 0.1) is 11.6 Å². The van der Waals surface area contributed by atoms with Crippen molar-refractivity contribution in [3.8, 4) is 0 Å². The van der Waals surface area contributed by atoms with E-state index in [2.05, 4.69) is 45.0 Å². The first-order valence-corrected chi connectivity index (χ1v) is 8.99. The predicted octanol–water partition coefficient (Wildman–Crippen LogP) is 3.60. The number of carbonyl (C=O) groups is 1. The molecule has 4 heteroatoms. The first kappa shape index (κ1) is 18.7. The SMILES string of the molecule is CCCCCC(N)C(=O)n1cc(CCN(C)C)c2cc(C)ccc21. The molecule has 0 aliphatic rings. The van der Waals surface area contributed by atoms with Gasteiger partial charge in [-0.1, -0.05) is 37.8 Å². The summed E-state index contributed by atoms with van der Waals surface area (Å²) < 4.78 is 1.77. The fourth-order valence-corrected chi connectivity index (χ4v) is 3.05. The van der Waals surface area contributed by atoms with E-state index in [-0.39, 0.29) is 5.91 Å². The highest BCUT2D eigenvalue weighted by Crippen LogP contribution is 2.24. The van der Waals surface area contributed by atoms with Crippen LogP contribution in [0.3, 0.4) is 0 Å². The maximum absolute atomic E-state index is 12.8. The topological polar surface area (TPSA) is 51.3 Å². The molecule has 132 valence electrons. The van der Waals surface area contributed by atoms with Gasteiger partial charge in [0.25, 0.3) is 0 Å². The van der Waals surface area contributed by atoms with Crippen LogP contribution < -0.4 is 5.73 Å². The van der Waals surface area contributed by atoms with Gasteiger partial charge in [-0.25, -0.2) is 0 Å². The highest BCUT2D eigenvalue weighted by molar-refractivity contribution is 5.96. The molecule has 0 spiro atoms. The zero-order valence-electron chi connectivity index (χ0n) is 15.5. The second kappa shape index (κ2) is 8.45. The maximum atomic E-state index is 12.8. The van der Waals surface area contributed by atoms with Gasteiger partial charge in [-0.3, -0.25) is 9.36 Å². The molecule has 0 fully saturated rings. The largest absolute Gasteiger partial charge is 0.320 e. The molecule has 2 rings (SSSR count). The second-order valence-corrected chi connectivity index (χ2v) is 7.04. The molecule has 0 saturated carbocycles. The number of carbonyl (C=O) groups excluding carboxylic acids is 1. The zero-order chi connectivity index (χ0) is 17.7. The van der Waals surface area contributed by atoms with E-state index >= 15 is 0 Å². The van der Waals surface area contributed by atoms with Crippen LogP contribution in [0.5, 0.6) is 0 Å². The summed E-state index contributed by atoms with van der Waals surface area (Å²) in [7, 11) is 4.14. The van der Waals surface area contributed by atoms with Gasteiger partial charge in [0.2, 0.25) is 5.91 Å². The number of likely N-dealkylation sites (N-methyl/N-ethyl adjacent to an activating group) is 1. The van der Waals surface area contributed by atoms with Gasteiger partial charge in [0, 0.05) is 18.1 Å². The van der Waals surface area contributed by atoms with Crippen molar-refractivity contribution in [2.45, 2.75) is 52.0 Å². The van der Waals surface area contributed by atoms with Crippen molar-refractivity contribution in [2.24, 2.45) is 5.73 Å². The Bertz CT molecular complexity index is 687. The molecular formula is C20H31N3O. The molecule has 1 unspecified atom stereocenters. The third-order valence-electron chi connectivity index (χ3n) is 4.54. The van der Waals surface area contributed by atoms with Crippen molar-refractivity contribution in [1.82, 2.24) is 9.47 Å². The van der Waals surface area contributed by atoms with Gasteiger partial charge in [0.15, 0.2) is 0 Å². The lowest BCUT2D eigenvalue weighted by Gasteiger charge is -2.12. The minimum atomic E-state index is -0.421. The summed E-state index contributed by atoms with van der Waals surface area (Å²) >= 11 is 0. The summed E-state index contributed by atoms with van der Waals surface area (Å²) in [5.74, 6) is 0.0102. The average molecular weight is 329 g/mol. The average Bonchev–Trinajstić information content (AvgIpc) is 2.90. The molecule has 1 aromatic carbocycles. The Labute approximate surface area is 145 Å². The van der Waals surface area contributed by atoms with Crippen molar-refractivity contribution >= 4 is 16.8 Å². The van der Waals surface area contributed by atoms with Crippen LogP contribution in [0.15, 0.2) is 24.4 Å². The van der Waals surface area contributed by atoms with Crippen LogP contribution in [0, 0.1) is 6.92 Å². The van der Waals surface area contributed by atoms with Crippen molar-refractivity contribution in [2.75, 3.05) is 20.6 Å². The molecule has 24 heavy (non-hydrogen) atoms. The molecule has 0 radical (unpaired) electrons. The fraction of sp³-hybridized carbons (Fsp3) is 0.550. The van der Waals surface area contributed by atoms with Crippen molar-refractivity contribution in [3.63, 3.8) is 0 Å². The first-order chi connectivity index (χ1) is 11.4. The summed E-state index contributed by atoms with van der Waals surface area (Å²) in [6, 6.07) is 5.85. The first-order valence-electron chi connectivity index (χ1n) is 8.99. The Morgan fingerprint density at radius 2 is 2.04 bits per heavy atom. The Kier molecular flexibility index (Phi) is 6.58. The quantitative estimate of drug-likeness (QED) is 0.753. The van der Waals surface area contributed by atoms with E-state index in [1.165, 1.54) is 16.5 Å². The number of nitrogens with two attached hydrogens (primary N) is 1. The minimum Gasteiger partial charge on any atom is -0.320 e. The fourth-order valence-electron chi connectivity index (χ4n) is 3.05. The minimum absolute atomic E-state index is 0.0102. The lowest BCUT2D eigenvalue weighted by molar-refractivity contribution is 0.0879. The van der Waals surface area contributed by atoms with Crippen LogP contribution in [-0.2, 0) is 6.42 Å². The summed E-state index contributed by atoms with van der Waals surface area (Å²) in [6.07, 6.45) is 6.95. The van der Waals surface area contributed by atoms with Crippen LogP contribution >= 0.6 is 0 Å². The number of hydrogen-bond acceptors (Lipinski definition) is 3. The second-order valence-electron chi connectivity index (χ2n) is 7.04. The van der Waals surface area contributed by atoms with Gasteiger partial charge in [-0.2, -0.15) is 0 Å². The van der Waals surface area contributed by atoms with E-state index in [0.717, 1.165) is 44.2 Å². The summed E-state index contributed by atoms with van der Waals surface area (Å²) in [4.78, 5) is 15.0. The van der Waals surface area contributed by atoms with Gasteiger partial charge >= 0.3 is 0 Å². The molecule has 0 bridgehead atoms. The highest BCUT2D eigenvalue weighted by atomic mass is 16.2. The molecule has 0 saturated heterocycles. The zero-order valence-corrected chi connectivity index (χ0v) is 15.5. The van der Waals surface area contributed by atoms with E-state index < -0.39 is 6.04 Å². The molecule has 1 heterocycles. The number of fused-ring (bicyclic) bond motifs is 1. The van der Waals surface area contributed by atoms with Crippen LogP contribution in [0.25, 0.3) is 10.9 Å². The Morgan fingerprint density at radius 3 is 2.71 bits per heavy atom. The number of unbranched alkanes of at least 4 members (excludes halogenated alkanes) is 2. The van der Waals surface area contributed by atoms with Crippen molar-refractivity contribution in [1.29, 1.82) is 0 Å². The smallest absolute Gasteiger partial charge is 0.247 e. The molecule has 0 aliphatic carbocycles. The normalized spacial score (nSPS) is 12.9. The Hall–Kier alpha value is -1.65. The molecule has 1 aromatic heterocycles. The van der Waals surface area contributed by atoms with Gasteiger partial charge in [-0.05, 0) is 51.6 Å². The van der Waals surface area contributed by atoms with Crippen LogP contribution in [0.2, 0.25) is 0 Å². The van der Waals surface area contributed by atoms with E-state index in [4.69, 9.17) is 5.73 Å². The van der Waals surface area contributed by atoms with E-state index in [1.54, 1.807) is 4.57 Å². The molecule has 1 atom stereocenters. The van der Waals surface area contributed by atoms with E-state index in [9.17, 15) is 4.79 Å². The maximum Gasteiger partial charge on any atom is 0.247 e. The predicted molar refractivity (Wildman–Crippen MR) is 102 cm³/mol. The Morgan fingerprint density at radius 1 is 1.29 bits per heavy atom. The van der Waals surface area contributed by atoms with Gasteiger partial charge in [0.1, 0.15) is 0 Å².